The molecular formula is C11H23NO4S. The molecule has 0 fully saturated rings. The molecule has 0 rings (SSSR count). The maximum atomic E-state index is 9.56. The van der Waals surface area contributed by atoms with Crippen LogP contribution in [0.3, 0.4) is 0 Å². The van der Waals surface area contributed by atoms with Crippen LogP contribution in [0.4, 0.5) is 0 Å². The second-order valence-electron chi connectivity index (χ2n) is 3.50. The van der Waals surface area contributed by atoms with Gasteiger partial charge in [-0.1, -0.05) is 12.2 Å². The van der Waals surface area contributed by atoms with Gasteiger partial charge >= 0.3 is 10.4 Å². The monoisotopic (exact) mass is 265 g/mol. The molecule has 5 nitrogen and oxygen atoms in total. The van der Waals surface area contributed by atoms with Gasteiger partial charge < -0.3 is 5.73 Å². The zero-order valence-electron chi connectivity index (χ0n) is 10.5. The highest BCUT2D eigenvalue weighted by atomic mass is 32.3. The molecule has 0 bridgehead atoms. The Morgan fingerprint density at radius 1 is 1.35 bits per heavy atom. The first-order chi connectivity index (χ1) is 7.78. The van der Waals surface area contributed by atoms with E-state index in [0.29, 0.717) is 5.92 Å². The van der Waals surface area contributed by atoms with Crippen LogP contribution in [0.25, 0.3) is 0 Å². The smallest absolute Gasteiger partial charge is 0.328 e. The normalized spacial score (nSPS) is 12.5. The average Bonchev–Trinajstić information content (AvgIpc) is 2.16. The standard InChI is InChI=1S/C9H17N.C2H6O4S/c1-4-6-9(7-5-2)8(3)10;1-2-6-7(3,4)5/h4-5,8-9H,1-2,6-7,10H2,3H3;2H2,1H3,(H,3,4,5). The van der Waals surface area contributed by atoms with E-state index in [2.05, 4.69) is 17.3 Å². The highest BCUT2D eigenvalue weighted by molar-refractivity contribution is 7.80. The van der Waals surface area contributed by atoms with E-state index < -0.39 is 10.4 Å². The fraction of sp³-hybridized carbons (Fsp3) is 0.636. The molecule has 0 spiro atoms. The average molecular weight is 265 g/mol. The third-order valence-electron chi connectivity index (χ3n) is 1.95. The van der Waals surface area contributed by atoms with E-state index in [1.807, 2.05) is 19.1 Å². The van der Waals surface area contributed by atoms with E-state index in [-0.39, 0.29) is 12.6 Å². The van der Waals surface area contributed by atoms with Gasteiger partial charge in [0.1, 0.15) is 0 Å². The zero-order valence-corrected chi connectivity index (χ0v) is 11.3. The predicted octanol–water partition coefficient (Wildman–Crippen LogP) is 1.93. The molecule has 1 unspecified atom stereocenters. The van der Waals surface area contributed by atoms with E-state index in [0.717, 1.165) is 12.8 Å². The third kappa shape index (κ3) is 15.3. The first kappa shape index (κ1) is 18.7. The summed E-state index contributed by atoms with van der Waals surface area (Å²) in [5.74, 6) is 0.523. The maximum absolute atomic E-state index is 9.56. The largest absolute Gasteiger partial charge is 0.397 e. The molecule has 0 heterocycles. The van der Waals surface area contributed by atoms with E-state index in [1.165, 1.54) is 6.92 Å². The van der Waals surface area contributed by atoms with Crippen molar-refractivity contribution in [2.75, 3.05) is 6.61 Å². The predicted molar refractivity (Wildman–Crippen MR) is 69.9 cm³/mol. The molecule has 3 N–H and O–H groups in total. The number of allylic oxidation sites excluding steroid dienone is 2. The topological polar surface area (TPSA) is 89.6 Å². The second kappa shape index (κ2) is 10.5. The van der Waals surface area contributed by atoms with Gasteiger partial charge in [-0.2, -0.15) is 8.42 Å². The van der Waals surface area contributed by atoms with Gasteiger partial charge in [-0.3, -0.25) is 4.55 Å². The van der Waals surface area contributed by atoms with Crippen molar-refractivity contribution in [3.63, 3.8) is 0 Å². The first-order valence-corrected chi connectivity index (χ1v) is 6.74. The van der Waals surface area contributed by atoms with Crippen LogP contribution in [0.2, 0.25) is 0 Å². The molecule has 0 radical (unpaired) electrons. The number of hydrogen-bond acceptors (Lipinski definition) is 4. The minimum absolute atomic E-state index is 0.0289. The summed E-state index contributed by atoms with van der Waals surface area (Å²) in [6.07, 6.45) is 5.81. The fourth-order valence-electron chi connectivity index (χ4n) is 1.10. The van der Waals surface area contributed by atoms with Crippen molar-refractivity contribution in [2.45, 2.75) is 32.7 Å². The van der Waals surface area contributed by atoms with Gasteiger partial charge in [0.15, 0.2) is 0 Å². The summed E-state index contributed by atoms with van der Waals surface area (Å²) >= 11 is 0. The lowest BCUT2D eigenvalue weighted by atomic mass is 9.95. The quantitative estimate of drug-likeness (QED) is 0.542. The third-order valence-corrected chi connectivity index (χ3v) is 2.48. The van der Waals surface area contributed by atoms with Gasteiger partial charge in [-0.25, -0.2) is 4.18 Å². The lowest BCUT2D eigenvalue weighted by Crippen LogP contribution is -2.25. The first-order valence-electron chi connectivity index (χ1n) is 5.37. The van der Waals surface area contributed by atoms with Gasteiger partial charge in [0.2, 0.25) is 0 Å². The van der Waals surface area contributed by atoms with Crippen molar-refractivity contribution in [3.8, 4) is 0 Å². The highest BCUT2D eigenvalue weighted by Gasteiger charge is 2.08. The number of rotatable bonds is 7. The Kier molecular flexibility index (Phi) is 11.5. The Balaban J connectivity index is 0. The van der Waals surface area contributed by atoms with Gasteiger partial charge in [0.25, 0.3) is 0 Å². The molecule has 17 heavy (non-hydrogen) atoms. The maximum Gasteiger partial charge on any atom is 0.397 e. The zero-order chi connectivity index (χ0) is 13.9. The van der Waals surface area contributed by atoms with Crippen molar-refractivity contribution in [2.24, 2.45) is 11.7 Å². The van der Waals surface area contributed by atoms with E-state index in [4.69, 9.17) is 10.3 Å². The summed E-state index contributed by atoms with van der Waals surface area (Å²) in [6.45, 7) is 10.8. The molecule has 0 aromatic rings. The molecule has 102 valence electrons. The van der Waals surface area contributed by atoms with Crippen LogP contribution < -0.4 is 5.73 Å². The molecule has 0 aliphatic carbocycles. The number of nitrogens with two attached hydrogens (primary N) is 1. The van der Waals surface area contributed by atoms with Crippen LogP contribution in [0.5, 0.6) is 0 Å². The number of hydrogen-bond donors (Lipinski definition) is 2. The van der Waals surface area contributed by atoms with Crippen LogP contribution in [0.15, 0.2) is 25.3 Å². The van der Waals surface area contributed by atoms with Crippen molar-refractivity contribution in [1.82, 2.24) is 0 Å². The lowest BCUT2D eigenvalue weighted by molar-refractivity contribution is 0.283. The molecule has 0 saturated heterocycles. The minimum Gasteiger partial charge on any atom is -0.328 e. The molecule has 0 saturated carbocycles. The van der Waals surface area contributed by atoms with Crippen LogP contribution in [0.1, 0.15) is 26.7 Å². The van der Waals surface area contributed by atoms with E-state index in [9.17, 15) is 8.42 Å². The van der Waals surface area contributed by atoms with E-state index >= 15 is 0 Å². The summed E-state index contributed by atoms with van der Waals surface area (Å²) in [6, 6.07) is 0.246. The summed E-state index contributed by atoms with van der Waals surface area (Å²) in [7, 11) is -4.17. The lowest BCUT2D eigenvalue weighted by Gasteiger charge is -2.16. The van der Waals surface area contributed by atoms with Crippen molar-refractivity contribution < 1.29 is 17.2 Å². The Morgan fingerprint density at radius 2 is 1.76 bits per heavy atom. The Hall–Kier alpha value is -0.690. The van der Waals surface area contributed by atoms with Gasteiger partial charge in [0.05, 0.1) is 6.61 Å². The summed E-state index contributed by atoms with van der Waals surface area (Å²) in [5.41, 5.74) is 5.71. The van der Waals surface area contributed by atoms with Gasteiger partial charge in [0, 0.05) is 6.04 Å². The minimum atomic E-state index is -4.17. The SMILES string of the molecule is C=CCC(CC=C)C(C)N.CCOS(=O)(=O)O. The molecule has 0 aromatic carbocycles. The molecule has 6 heteroatoms. The second-order valence-corrected chi connectivity index (χ2v) is 4.59. The summed E-state index contributed by atoms with van der Waals surface area (Å²) in [5, 5.41) is 0. The van der Waals surface area contributed by atoms with Crippen LogP contribution in [0, 0.1) is 5.92 Å². The Morgan fingerprint density at radius 3 is 1.88 bits per heavy atom. The Bertz CT molecular complexity index is 289. The van der Waals surface area contributed by atoms with Crippen molar-refractivity contribution >= 4 is 10.4 Å². The fourth-order valence-corrected chi connectivity index (χ4v) is 1.40. The summed E-state index contributed by atoms with van der Waals surface area (Å²) < 4.78 is 30.7. The summed E-state index contributed by atoms with van der Waals surface area (Å²) in [4.78, 5) is 0. The van der Waals surface area contributed by atoms with Gasteiger partial charge in [-0.15, -0.1) is 13.2 Å². The van der Waals surface area contributed by atoms with Crippen LogP contribution >= 0.6 is 0 Å². The highest BCUT2D eigenvalue weighted by Crippen LogP contribution is 2.12. The molecule has 1 atom stereocenters. The van der Waals surface area contributed by atoms with Crippen LogP contribution in [-0.2, 0) is 14.6 Å². The molecular weight excluding hydrogens is 242 g/mol. The van der Waals surface area contributed by atoms with Gasteiger partial charge in [-0.05, 0) is 32.6 Å². The van der Waals surface area contributed by atoms with Crippen molar-refractivity contribution in [1.29, 1.82) is 0 Å². The molecule has 0 aliphatic rings. The Labute approximate surface area is 104 Å². The molecule has 0 aromatic heterocycles. The molecule has 0 aliphatic heterocycles. The van der Waals surface area contributed by atoms with Crippen LogP contribution in [-0.4, -0.2) is 25.6 Å². The molecule has 0 amide bonds. The van der Waals surface area contributed by atoms with E-state index in [1.54, 1.807) is 0 Å². The van der Waals surface area contributed by atoms with Crippen molar-refractivity contribution in [3.05, 3.63) is 25.3 Å².